The molecule has 0 aromatic carbocycles. The first-order valence-corrected chi connectivity index (χ1v) is 3.83. The molecular weight excluding hydrogens is 124 g/mol. The minimum Gasteiger partial charge on any atom is -0.300 e. The molecule has 0 heterocycles. The number of nitrogens with zero attached hydrogens (tertiary/aromatic N) is 2. The molecule has 1 unspecified atom stereocenters. The second-order valence-electron chi connectivity index (χ2n) is 2.64. The van der Waals surface area contributed by atoms with Crippen molar-refractivity contribution in [1.82, 2.24) is 4.90 Å². The van der Waals surface area contributed by atoms with Crippen molar-refractivity contribution in [2.24, 2.45) is 4.99 Å². The summed E-state index contributed by atoms with van der Waals surface area (Å²) >= 11 is 0. The fraction of sp³-hybridized carbons (Fsp3) is 0.875. The van der Waals surface area contributed by atoms with Crippen molar-refractivity contribution in [2.45, 2.75) is 26.3 Å². The first kappa shape index (κ1) is 9.63. The topological polar surface area (TPSA) is 15.6 Å². The van der Waals surface area contributed by atoms with Gasteiger partial charge in [0.2, 0.25) is 0 Å². The lowest BCUT2D eigenvalue weighted by atomic mass is 10.2. The third-order valence-electron chi connectivity index (χ3n) is 1.90. The van der Waals surface area contributed by atoms with Crippen LogP contribution in [0.25, 0.3) is 0 Å². The van der Waals surface area contributed by atoms with Crippen molar-refractivity contribution in [3.8, 4) is 0 Å². The van der Waals surface area contributed by atoms with Gasteiger partial charge in [-0.05, 0) is 20.4 Å². The molecule has 0 radical (unpaired) electrons. The van der Waals surface area contributed by atoms with Gasteiger partial charge in [-0.1, -0.05) is 6.92 Å². The molecule has 0 amide bonds. The summed E-state index contributed by atoms with van der Waals surface area (Å²) < 4.78 is 0. The molecule has 0 saturated heterocycles. The lowest BCUT2D eigenvalue weighted by molar-refractivity contribution is 0.288. The third kappa shape index (κ3) is 3.62. The second-order valence-corrected chi connectivity index (χ2v) is 2.64. The molecule has 0 spiro atoms. The molecule has 60 valence electrons. The Labute approximate surface area is 63.9 Å². The summed E-state index contributed by atoms with van der Waals surface area (Å²) in [6.07, 6.45) is 3.14. The number of hydrogen-bond donors (Lipinski definition) is 0. The maximum atomic E-state index is 3.93. The molecule has 0 N–H and O–H groups in total. The van der Waals surface area contributed by atoms with Gasteiger partial charge in [0.1, 0.15) is 0 Å². The van der Waals surface area contributed by atoms with E-state index in [0.29, 0.717) is 6.04 Å². The smallest absolute Gasteiger partial charge is 0.0332 e. The summed E-state index contributed by atoms with van der Waals surface area (Å²) in [7, 11) is 3.93. The molecule has 0 bridgehead atoms. The highest BCUT2D eigenvalue weighted by atomic mass is 15.1. The highest BCUT2D eigenvalue weighted by Crippen LogP contribution is 1.97. The molecular formula is C8H18N2. The van der Waals surface area contributed by atoms with Gasteiger partial charge in [0.15, 0.2) is 0 Å². The van der Waals surface area contributed by atoms with Crippen LogP contribution in [-0.2, 0) is 0 Å². The molecule has 0 rings (SSSR count). The van der Waals surface area contributed by atoms with Crippen molar-refractivity contribution in [3.63, 3.8) is 0 Å². The summed E-state index contributed by atoms with van der Waals surface area (Å²) in [5.41, 5.74) is 0. The summed E-state index contributed by atoms with van der Waals surface area (Å²) in [5.74, 6) is 0. The Balaban J connectivity index is 3.50. The number of rotatable bonds is 4. The van der Waals surface area contributed by atoms with Crippen LogP contribution >= 0.6 is 0 Å². The van der Waals surface area contributed by atoms with E-state index in [1.54, 1.807) is 0 Å². The predicted octanol–water partition coefficient (Wildman–Crippen LogP) is 1.42. The summed E-state index contributed by atoms with van der Waals surface area (Å²) in [6, 6.07) is 0.665. The van der Waals surface area contributed by atoms with Gasteiger partial charge in [-0.15, -0.1) is 0 Å². The van der Waals surface area contributed by atoms with Gasteiger partial charge in [0, 0.05) is 25.8 Å². The van der Waals surface area contributed by atoms with E-state index >= 15 is 0 Å². The van der Waals surface area contributed by atoms with E-state index < -0.39 is 0 Å². The maximum Gasteiger partial charge on any atom is 0.0332 e. The first-order chi connectivity index (χ1) is 4.72. The van der Waals surface area contributed by atoms with Crippen LogP contribution in [0.5, 0.6) is 0 Å². The number of hydrogen-bond acceptors (Lipinski definition) is 2. The quantitative estimate of drug-likeness (QED) is 0.542. The minimum absolute atomic E-state index is 0.665. The number of aliphatic imine (C=N–C) groups is 1. The predicted molar refractivity (Wildman–Crippen MR) is 46.8 cm³/mol. The van der Waals surface area contributed by atoms with E-state index in [1.165, 1.54) is 6.42 Å². The molecule has 2 nitrogen and oxygen atoms in total. The summed E-state index contributed by atoms with van der Waals surface area (Å²) in [6.45, 7) is 5.39. The van der Waals surface area contributed by atoms with Gasteiger partial charge >= 0.3 is 0 Å². The van der Waals surface area contributed by atoms with Gasteiger partial charge < -0.3 is 0 Å². The van der Waals surface area contributed by atoms with Gasteiger partial charge in [0.25, 0.3) is 0 Å². The molecule has 1 atom stereocenters. The molecule has 2 heteroatoms. The molecule has 10 heavy (non-hydrogen) atoms. The molecule has 0 aliphatic rings. The zero-order chi connectivity index (χ0) is 7.98. The highest BCUT2D eigenvalue weighted by Gasteiger charge is 2.02. The van der Waals surface area contributed by atoms with Crippen LogP contribution in [0.1, 0.15) is 20.3 Å². The van der Waals surface area contributed by atoms with Gasteiger partial charge in [-0.2, -0.15) is 0 Å². The fourth-order valence-electron chi connectivity index (χ4n) is 0.702. The Morgan fingerprint density at radius 3 is 2.60 bits per heavy atom. The zero-order valence-corrected chi connectivity index (χ0v) is 7.46. The van der Waals surface area contributed by atoms with Crippen LogP contribution in [0.3, 0.4) is 0 Å². The van der Waals surface area contributed by atoms with Crippen molar-refractivity contribution >= 4 is 6.21 Å². The maximum absolute atomic E-state index is 3.93. The van der Waals surface area contributed by atoms with Crippen LogP contribution in [0.4, 0.5) is 0 Å². The van der Waals surface area contributed by atoms with Gasteiger partial charge in [-0.3, -0.25) is 9.89 Å². The fourth-order valence-corrected chi connectivity index (χ4v) is 0.702. The largest absolute Gasteiger partial charge is 0.300 e. The lowest BCUT2D eigenvalue weighted by Gasteiger charge is -2.20. The van der Waals surface area contributed by atoms with E-state index in [1.807, 2.05) is 13.3 Å². The van der Waals surface area contributed by atoms with E-state index in [2.05, 4.69) is 30.8 Å². The summed E-state index contributed by atoms with van der Waals surface area (Å²) in [5, 5.41) is 0. The second kappa shape index (κ2) is 5.42. The van der Waals surface area contributed by atoms with Gasteiger partial charge in [0.05, 0.1) is 0 Å². The van der Waals surface area contributed by atoms with Crippen LogP contribution in [0.2, 0.25) is 0 Å². The normalized spacial score (nSPS) is 14.9. The molecule has 0 aromatic heterocycles. The minimum atomic E-state index is 0.665. The Bertz CT molecular complexity index is 99.4. The average molecular weight is 142 g/mol. The van der Waals surface area contributed by atoms with Crippen LogP contribution in [0.15, 0.2) is 4.99 Å². The Kier molecular flexibility index (Phi) is 5.22. The van der Waals surface area contributed by atoms with E-state index in [0.717, 1.165) is 6.54 Å². The standard InChI is InChI=1S/C8H18N2/c1-5-8(2)10(4)7-6-9-3/h6,8H,5,7H2,1-4H3/b9-6-. The van der Waals surface area contributed by atoms with Crippen LogP contribution in [-0.4, -0.2) is 37.8 Å². The van der Waals surface area contributed by atoms with Crippen molar-refractivity contribution in [3.05, 3.63) is 0 Å². The van der Waals surface area contributed by atoms with E-state index in [-0.39, 0.29) is 0 Å². The third-order valence-corrected chi connectivity index (χ3v) is 1.90. The van der Waals surface area contributed by atoms with E-state index in [4.69, 9.17) is 0 Å². The highest BCUT2D eigenvalue weighted by molar-refractivity contribution is 5.59. The Hall–Kier alpha value is -0.370. The molecule has 0 saturated carbocycles. The monoisotopic (exact) mass is 142 g/mol. The Morgan fingerprint density at radius 2 is 2.20 bits per heavy atom. The van der Waals surface area contributed by atoms with Crippen molar-refractivity contribution < 1.29 is 0 Å². The molecule has 0 fully saturated rings. The van der Waals surface area contributed by atoms with E-state index in [9.17, 15) is 0 Å². The molecule has 0 aliphatic carbocycles. The zero-order valence-electron chi connectivity index (χ0n) is 7.46. The summed E-state index contributed by atoms with van der Waals surface area (Å²) in [4.78, 5) is 6.21. The van der Waals surface area contributed by atoms with Crippen LogP contribution in [0, 0.1) is 0 Å². The van der Waals surface area contributed by atoms with Gasteiger partial charge in [-0.25, -0.2) is 0 Å². The van der Waals surface area contributed by atoms with Crippen LogP contribution < -0.4 is 0 Å². The Morgan fingerprint density at radius 1 is 1.60 bits per heavy atom. The molecule has 0 aliphatic heterocycles. The first-order valence-electron chi connectivity index (χ1n) is 3.83. The average Bonchev–Trinajstić information content (AvgIpc) is 1.98. The SMILES string of the molecule is CCC(C)N(C)C/C=N\C. The van der Waals surface area contributed by atoms with Crippen molar-refractivity contribution in [2.75, 3.05) is 20.6 Å². The van der Waals surface area contributed by atoms with Crippen molar-refractivity contribution in [1.29, 1.82) is 0 Å². The molecule has 0 aromatic rings. The lowest BCUT2D eigenvalue weighted by Crippen LogP contribution is -2.29.